The van der Waals surface area contributed by atoms with Crippen molar-refractivity contribution >= 4 is 53.6 Å². The summed E-state index contributed by atoms with van der Waals surface area (Å²) in [7, 11) is -9.74. The summed E-state index contributed by atoms with van der Waals surface area (Å²) in [6.45, 7) is 24.0. The average Bonchev–Trinajstić information content (AvgIpc) is 2.26. The highest BCUT2D eigenvalue weighted by atomic mass is 31.2. The molecule has 160 valence electrons. The first-order valence-corrected chi connectivity index (χ1v) is 24.2. The second-order valence-corrected chi connectivity index (χ2v) is 30.5. The molecule has 0 N–H and O–H groups in total. The Kier molecular flexibility index (Phi) is 9.83. The van der Waals surface area contributed by atoms with E-state index in [0.29, 0.717) is 0 Å². The van der Waals surface area contributed by atoms with Gasteiger partial charge in [0.15, 0.2) is 25.0 Å². The summed E-state index contributed by atoms with van der Waals surface area (Å²) in [4.78, 5) is 25.5. The largest absolute Gasteiger partial charge is 0.520 e. The zero-order valence-corrected chi connectivity index (χ0v) is 24.1. The Morgan fingerprint density at radius 2 is 1.04 bits per heavy atom. The van der Waals surface area contributed by atoms with Crippen molar-refractivity contribution in [2.24, 2.45) is 0 Å². The molecule has 6 nitrogen and oxygen atoms in total. The van der Waals surface area contributed by atoms with Gasteiger partial charge >= 0.3 is 5.97 Å². The molecule has 11 heteroatoms. The second-order valence-electron chi connectivity index (χ2n) is 10.5. The molecule has 0 amide bonds. The van der Waals surface area contributed by atoms with Crippen LogP contribution >= 0.6 is 8.38 Å². The summed E-state index contributed by atoms with van der Waals surface area (Å²) in [6, 6.07) is 0. The predicted molar refractivity (Wildman–Crippen MR) is 123 cm³/mol. The molecule has 0 aliphatic carbocycles. The van der Waals surface area contributed by atoms with Crippen LogP contribution < -0.4 is 0 Å². The van der Waals surface area contributed by atoms with Gasteiger partial charge in [0, 0.05) is 0 Å². The van der Waals surface area contributed by atoms with E-state index in [9.17, 15) is 9.59 Å². The van der Waals surface area contributed by atoms with Crippen molar-refractivity contribution in [3.05, 3.63) is 0 Å². The van der Waals surface area contributed by atoms with Crippen LogP contribution in [0.2, 0.25) is 78.6 Å². The molecule has 0 aromatic rings. The molecule has 0 saturated heterocycles. The summed E-state index contributed by atoms with van der Waals surface area (Å²) in [5.41, 5.74) is -0.756. The Labute approximate surface area is 171 Å². The number of hydrogen-bond acceptors (Lipinski definition) is 6. The monoisotopic (exact) mass is 470 g/mol. The molecule has 0 rings (SSSR count). The third-order valence-corrected chi connectivity index (χ3v) is 10.8. The minimum Gasteiger partial charge on any atom is -0.520 e. The van der Waals surface area contributed by atoms with Gasteiger partial charge in [-0.15, -0.1) is 0 Å². The number of carbonyl (C=O) groups is 2. The van der Waals surface area contributed by atoms with Crippen LogP contribution in [0.25, 0.3) is 0 Å². The molecule has 0 bridgehead atoms. The lowest BCUT2D eigenvalue weighted by molar-refractivity contribution is -0.141. The quantitative estimate of drug-likeness (QED) is 0.309. The van der Waals surface area contributed by atoms with Gasteiger partial charge in [0.1, 0.15) is 5.66 Å². The highest BCUT2D eigenvalue weighted by Gasteiger charge is 2.42. The topological polar surface area (TPSA) is 71.1 Å². The fraction of sp³-hybridized carbons (Fsp3) is 0.875. The SMILES string of the molecule is C[Si](C)(C)OC(=O)CC(C(=O)O[Si](C)(C)C)P(O[Si](C)(C)C)O[Si](C)(C)C. The summed E-state index contributed by atoms with van der Waals surface area (Å²) < 4.78 is 23.9. The van der Waals surface area contributed by atoms with Crippen LogP contribution in [0.4, 0.5) is 0 Å². The summed E-state index contributed by atoms with van der Waals surface area (Å²) in [5, 5.41) is 0. The number of carbonyl (C=O) groups excluding carboxylic acids is 2. The summed E-state index contributed by atoms with van der Waals surface area (Å²) in [6.07, 6.45) is -0.0613. The van der Waals surface area contributed by atoms with Gasteiger partial charge in [-0.05, 0) is 78.6 Å². The fourth-order valence-corrected chi connectivity index (χ4v) is 9.80. The van der Waals surface area contributed by atoms with Crippen molar-refractivity contribution in [2.75, 3.05) is 0 Å². The van der Waals surface area contributed by atoms with Crippen molar-refractivity contribution in [3.63, 3.8) is 0 Å². The molecule has 1 atom stereocenters. The zero-order valence-electron chi connectivity index (χ0n) is 19.2. The van der Waals surface area contributed by atoms with E-state index in [2.05, 4.69) is 39.3 Å². The Morgan fingerprint density at radius 1 is 0.667 bits per heavy atom. The second kappa shape index (κ2) is 9.77. The molecule has 0 aliphatic rings. The molecule has 0 radical (unpaired) electrons. The van der Waals surface area contributed by atoms with E-state index in [1.165, 1.54) is 0 Å². The Bertz CT molecular complexity index is 501. The first-order chi connectivity index (χ1) is 11.7. The molecule has 27 heavy (non-hydrogen) atoms. The van der Waals surface area contributed by atoms with Gasteiger partial charge in [-0.25, -0.2) is 0 Å². The zero-order chi connectivity index (χ0) is 21.8. The Balaban J connectivity index is 5.76. The minimum absolute atomic E-state index is 0.0613. The van der Waals surface area contributed by atoms with Crippen molar-refractivity contribution in [3.8, 4) is 0 Å². The van der Waals surface area contributed by atoms with Crippen LogP contribution in [-0.4, -0.2) is 50.9 Å². The van der Waals surface area contributed by atoms with Gasteiger partial charge in [-0.2, -0.15) is 0 Å². The van der Waals surface area contributed by atoms with Crippen LogP contribution in [0.15, 0.2) is 0 Å². The van der Waals surface area contributed by atoms with Crippen LogP contribution in [0.1, 0.15) is 6.42 Å². The summed E-state index contributed by atoms with van der Waals surface area (Å²) >= 11 is 0. The smallest absolute Gasteiger partial charge is 0.305 e. The van der Waals surface area contributed by atoms with Crippen LogP contribution in [0.3, 0.4) is 0 Å². The van der Waals surface area contributed by atoms with Gasteiger partial charge in [0.25, 0.3) is 5.97 Å². The van der Waals surface area contributed by atoms with E-state index in [-0.39, 0.29) is 12.4 Å². The lowest BCUT2D eigenvalue weighted by Crippen LogP contribution is -2.40. The van der Waals surface area contributed by atoms with Crippen molar-refractivity contribution in [2.45, 2.75) is 90.6 Å². The minimum atomic E-state index is -2.12. The molecular formula is C16H39O6PSi4. The van der Waals surface area contributed by atoms with Crippen LogP contribution in [-0.2, 0) is 26.9 Å². The van der Waals surface area contributed by atoms with E-state index in [1.54, 1.807) is 0 Å². The van der Waals surface area contributed by atoms with E-state index < -0.39 is 53.3 Å². The first kappa shape index (κ1) is 27.2. The van der Waals surface area contributed by atoms with E-state index >= 15 is 0 Å². The normalized spacial score (nSPS) is 14.9. The van der Waals surface area contributed by atoms with Crippen molar-refractivity contribution < 1.29 is 26.9 Å². The van der Waals surface area contributed by atoms with Crippen LogP contribution in [0.5, 0.6) is 0 Å². The highest BCUT2D eigenvalue weighted by molar-refractivity contribution is 7.52. The first-order valence-electron chi connectivity index (χ1n) is 9.31. The van der Waals surface area contributed by atoms with Gasteiger partial charge in [-0.1, -0.05) is 0 Å². The highest BCUT2D eigenvalue weighted by Crippen LogP contribution is 2.51. The van der Waals surface area contributed by atoms with Crippen molar-refractivity contribution in [1.29, 1.82) is 0 Å². The predicted octanol–water partition coefficient (Wildman–Crippen LogP) is 5.52. The number of hydrogen-bond donors (Lipinski definition) is 0. The van der Waals surface area contributed by atoms with E-state index in [1.807, 2.05) is 39.3 Å². The molecule has 0 saturated carbocycles. The Hall–Kier alpha value is 0.158. The maximum atomic E-state index is 13.0. The Morgan fingerprint density at radius 3 is 1.33 bits per heavy atom. The standard InChI is InChI=1S/C16H39O6PSi4/c1-24(2,3)19-15(17)13-14(16(18)20-25(4,5)6)23(21-26(7,8)9)22-27(10,11)12/h14H,13H2,1-12H3. The molecule has 0 aromatic carbocycles. The maximum Gasteiger partial charge on any atom is 0.305 e. The number of rotatable bonds is 10. The van der Waals surface area contributed by atoms with Gasteiger partial charge in [0.2, 0.25) is 16.6 Å². The molecule has 0 fully saturated rings. The fourth-order valence-electron chi connectivity index (χ4n) is 1.84. The summed E-state index contributed by atoms with van der Waals surface area (Å²) in [5.74, 6) is -0.776. The third kappa shape index (κ3) is 14.8. The molecule has 1 unspecified atom stereocenters. The van der Waals surface area contributed by atoms with Crippen LogP contribution in [0, 0.1) is 0 Å². The van der Waals surface area contributed by atoms with E-state index in [4.69, 9.17) is 17.3 Å². The molecule has 0 heterocycles. The molecule has 0 spiro atoms. The van der Waals surface area contributed by atoms with Gasteiger partial charge in [0.05, 0.1) is 6.42 Å². The van der Waals surface area contributed by atoms with Gasteiger partial charge in [-0.3, -0.25) is 9.59 Å². The molecular weight excluding hydrogens is 431 g/mol. The molecule has 0 aromatic heterocycles. The average molecular weight is 471 g/mol. The molecule has 0 aliphatic heterocycles. The lowest BCUT2D eigenvalue weighted by Gasteiger charge is -2.35. The van der Waals surface area contributed by atoms with Crippen molar-refractivity contribution in [1.82, 2.24) is 0 Å². The lowest BCUT2D eigenvalue weighted by atomic mass is 10.3. The third-order valence-electron chi connectivity index (χ3n) is 2.44. The maximum absolute atomic E-state index is 13.0. The van der Waals surface area contributed by atoms with Gasteiger partial charge < -0.3 is 17.3 Å². The van der Waals surface area contributed by atoms with E-state index in [0.717, 1.165) is 0 Å².